The molecule has 0 aliphatic rings. The first-order chi connectivity index (χ1) is 6.85. The molecule has 0 rings (SSSR count). The second-order valence-corrected chi connectivity index (χ2v) is 4.10. The van der Waals surface area contributed by atoms with Crippen molar-refractivity contribution in [3.63, 3.8) is 0 Å². The smallest absolute Gasteiger partial charge is 0.429 e. The van der Waals surface area contributed by atoms with E-state index in [1.165, 1.54) is 0 Å². The first kappa shape index (κ1) is 13.7. The fraction of sp³-hybridized carbons (Fsp3) is 0.800. The monoisotopic (exact) mass is 217 g/mol. The number of hydrogen-bond acceptors (Lipinski definition) is 4. The van der Waals surface area contributed by atoms with Crippen LogP contribution in [0.15, 0.2) is 0 Å². The summed E-state index contributed by atoms with van der Waals surface area (Å²) in [5.74, 6) is -0.317. The van der Waals surface area contributed by atoms with Crippen LogP contribution in [0.25, 0.3) is 0 Å². The van der Waals surface area contributed by atoms with Crippen LogP contribution in [-0.4, -0.2) is 30.8 Å². The van der Waals surface area contributed by atoms with Gasteiger partial charge < -0.3 is 14.8 Å². The van der Waals surface area contributed by atoms with Gasteiger partial charge in [0.1, 0.15) is 5.60 Å². The van der Waals surface area contributed by atoms with Gasteiger partial charge in [-0.05, 0) is 27.2 Å². The van der Waals surface area contributed by atoms with Gasteiger partial charge in [0.15, 0.2) is 6.61 Å². The lowest BCUT2D eigenvalue weighted by Gasteiger charge is -2.18. The summed E-state index contributed by atoms with van der Waals surface area (Å²) >= 11 is 0. The fourth-order valence-corrected chi connectivity index (χ4v) is 0.719. The number of carbonyl (C=O) groups excluding carboxylic acids is 2. The highest BCUT2D eigenvalue weighted by Crippen LogP contribution is 2.07. The minimum absolute atomic E-state index is 0.297. The van der Waals surface area contributed by atoms with E-state index in [4.69, 9.17) is 4.74 Å². The third kappa shape index (κ3) is 9.05. The van der Waals surface area contributed by atoms with Gasteiger partial charge >= 0.3 is 6.16 Å². The van der Waals surface area contributed by atoms with E-state index in [9.17, 15) is 9.59 Å². The van der Waals surface area contributed by atoms with Crippen molar-refractivity contribution in [3.05, 3.63) is 0 Å². The molecule has 0 aliphatic heterocycles. The normalized spacial score (nSPS) is 10.7. The molecule has 0 bridgehead atoms. The summed E-state index contributed by atoms with van der Waals surface area (Å²) in [6, 6.07) is 0. The molecule has 0 atom stereocenters. The van der Waals surface area contributed by atoms with Crippen LogP contribution in [0.4, 0.5) is 4.79 Å². The largest absolute Gasteiger partial charge is 0.509 e. The lowest BCUT2D eigenvalue weighted by Crippen LogP contribution is -2.31. The second kappa shape index (κ2) is 6.27. The van der Waals surface area contributed by atoms with Gasteiger partial charge in [-0.1, -0.05) is 6.92 Å². The molecule has 1 N–H and O–H groups in total. The predicted molar refractivity (Wildman–Crippen MR) is 55.5 cm³/mol. The van der Waals surface area contributed by atoms with Gasteiger partial charge in [0, 0.05) is 6.54 Å². The molecular formula is C10H19NO4. The Bertz CT molecular complexity index is 220. The summed E-state index contributed by atoms with van der Waals surface area (Å²) in [4.78, 5) is 22.0. The Morgan fingerprint density at radius 3 is 2.33 bits per heavy atom. The van der Waals surface area contributed by atoms with Crippen molar-refractivity contribution >= 4 is 12.1 Å². The molecule has 0 saturated carbocycles. The zero-order valence-electron chi connectivity index (χ0n) is 9.75. The van der Waals surface area contributed by atoms with Gasteiger partial charge in [-0.15, -0.1) is 0 Å². The van der Waals surface area contributed by atoms with Crippen LogP contribution in [0, 0.1) is 0 Å². The highest BCUT2D eigenvalue weighted by molar-refractivity contribution is 5.79. The van der Waals surface area contributed by atoms with Crippen LogP contribution in [0.1, 0.15) is 34.1 Å². The van der Waals surface area contributed by atoms with Crippen molar-refractivity contribution < 1.29 is 19.1 Å². The predicted octanol–water partition coefficient (Wildman–Crippen LogP) is 1.46. The molecule has 0 spiro atoms. The molecule has 15 heavy (non-hydrogen) atoms. The molecule has 0 aromatic heterocycles. The maximum Gasteiger partial charge on any atom is 0.509 e. The average Bonchev–Trinajstić information content (AvgIpc) is 2.08. The summed E-state index contributed by atoms with van der Waals surface area (Å²) in [7, 11) is 0. The summed E-state index contributed by atoms with van der Waals surface area (Å²) in [6.07, 6.45) is 0.0206. The minimum Gasteiger partial charge on any atom is -0.429 e. The van der Waals surface area contributed by atoms with Crippen LogP contribution in [0.5, 0.6) is 0 Å². The van der Waals surface area contributed by atoms with E-state index in [0.29, 0.717) is 6.54 Å². The van der Waals surface area contributed by atoms with E-state index >= 15 is 0 Å². The van der Waals surface area contributed by atoms with Crippen molar-refractivity contribution in [2.75, 3.05) is 13.2 Å². The van der Waals surface area contributed by atoms with E-state index in [1.807, 2.05) is 6.92 Å². The maximum atomic E-state index is 11.0. The third-order valence-corrected chi connectivity index (χ3v) is 1.28. The van der Waals surface area contributed by atoms with Gasteiger partial charge in [0.2, 0.25) is 0 Å². The van der Waals surface area contributed by atoms with Gasteiger partial charge in [-0.3, -0.25) is 4.79 Å². The number of carbonyl (C=O) groups is 2. The molecule has 0 unspecified atom stereocenters. The average molecular weight is 217 g/mol. The molecule has 0 saturated heterocycles. The number of amides is 1. The van der Waals surface area contributed by atoms with E-state index in [-0.39, 0.29) is 12.5 Å². The molecule has 0 fully saturated rings. The van der Waals surface area contributed by atoms with Gasteiger partial charge in [-0.2, -0.15) is 0 Å². The quantitative estimate of drug-likeness (QED) is 0.724. The Kier molecular flexibility index (Phi) is 5.74. The third-order valence-electron chi connectivity index (χ3n) is 1.28. The molecule has 88 valence electrons. The molecule has 5 heteroatoms. The number of ether oxygens (including phenoxy) is 2. The molecular weight excluding hydrogens is 198 g/mol. The first-order valence-corrected chi connectivity index (χ1v) is 4.97. The van der Waals surface area contributed by atoms with E-state index < -0.39 is 11.8 Å². The SMILES string of the molecule is CCCNC(=O)COC(=O)OC(C)(C)C. The van der Waals surface area contributed by atoms with Crippen LogP contribution in [-0.2, 0) is 14.3 Å². The van der Waals surface area contributed by atoms with E-state index in [0.717, 1.165) is 6.42 Å². The summed E-state index contributed by atoms with van der Waals surface area (Å²) in [5.41, 5.74) is -0.600. The summed E-state index contributed by atoms with van der Waals surface area (Å²) in [5, 5.41) is 2.58. The standard InChI is InChI=1S/C10H19NO4/c1-5-6-11-8(12)7-14-9(13)15-10(2,3)4/h5-7H2,1-4H3,(H,11,12). The highest BCUT2D eigenvalue weighted by Gasteiger charge is 2.18. The van der Waals surface area contributed by atoms with Gasteiger partial charge in [0.25, 0.3) is 5.91 Å². The van der Waals surface area contributed by atoms with Crippen molar-refractivity contribution in [2.24, 2.45) is 0 Å². The zero-order chi connectivity index (χ0) is 11.9. The molecule has 1 amide bonds. The van der Waals surface area contributed by atoms with Crippen LogP contribution in [0.2, 0.25) is 0 Å². The molecule has 0 radical (unpaired) electrons. The van der Waals surface area contributed by atoms with Gasteiger partial charge in [0.05, 0.1) is 0 Å². The summed E-state index contributed by atoms with van der Waals surface area (Å²) < 4.78 is 9.46. The second-order valence-electron chi connectivity index (χ2n) is 4.10. The van der Waals surface area contributed by atoms with E-state index in [2.05, 4.69) is 10.1 Å². The topological polar surface area (TPSA) is 64.6 Å². The fourth-order valence-electron chi connectivity index (χ4n) is 0.719. The Hall–Kier alpha value is -1.26. The highest BCUT2D eigenvalue weighted by atomic mass is 16.7. The first-order valence-electron chi connectivity index (χ1n) is 4.97. The van der Waals surface area contributed by atoms with E-state index in [1.54, 1.807) is 20.8 Å². The minimum atomic E-state index is -0.825. The number of nitrogens with one attached hydrogen (secondary N) is 1. The Morgan fingerprint density at radius 2 is 1.87 bits per heavy atom. The Balaban J connectivity index is 3.67. The van der Waals surface area contributed by atoms with Crippen molar-refractivity contribution in [1.82, 2.24) is 5.32 Å². The lowest BCUT2D eigenvalue weighted by molar-refractivity contribution is -0.125. The molecule has 5 nitrogen and oxygen atoms in total. The molecule has 0 heterocycles. The van der Waals surface area contributed by atoms with Crippen LogP contribution < -0.4 is 5.32 Å². The van der Waals surface area contributed by atoms with Crippen LogP contribution in [0.3, 0.4) is 0 Å². The summed E-state index contributed by atoms with van der Waals surface area (Å²) in [6.45, 7) is 7.41. The molecule has 0 aliphatic carbocycles. The molecule has 0 aromatic rings. The Labute approximate surface area is 90.1 Å². The maximum absolute atomic E-state index is 11.0. The number of hydrogen-bond donors (Lipinski definition) is 1. The van der Waals surface area contributed by atoms with Crippen molar-refractivity contribution in [3.8, 4) is 0 Å². The molecule has 0 aromatic carbocycles. The van der Waals surface area contributed by atoms with Crippen molar-refractivity contribution in [2.45, 2.75) is 39.7 Å². The zero-order valence-corrected chi connectivity index (χ0v) is 9.75. The number of rotatable bonds is 4. The van der Waals surface area contributed by atoms with Gasteiger partial charge in [-0.25, -0.2) is 4.79 Å². The van der Waals surface area contributed by atoms with Crippen LogP contribution >= 0.6 is 0 Å². The van der Waals surface area contributed by atoms with Crippen molar-refractivity contribution in [1.29, 1.82) is 0 Å². The lowest BCUT2D eigenvalue weighted by atomic mass is 10.2. The Morgan fingerprint density at radius 1 is 1.27 bits per heavy atom.